The zero-order chi connectivity index (χ0) is 11.4. The Balaban J connectivity index is 2.99. The van der Waals surface area contributed by atoms with E-state index >= 15 is 0 Å². The summed E-state index contributed by atoms with van der Waals surface area (Å²) in [5.74, 6) is 0.342. The van der Waals surface area contributed by atoms with E-state index in [9.17, 15) is 5.11 Å². The van der Waals surface area contributed by atoms with E-state index in [1.165, 1.54) is 0 Å². The highest BCUT2D eigenvalue weighted by molar-refractivity contribution is 9.09. The summed E-state index contributed by atoms with van der Waals surface area (Å²) in [6.45, 7) is 4.68. The van der Waals surface area contributed by atoms with Gasteiger partial charge in [0.15, 0.2) is 0 Å². The fraction of sp³-hybridized carbons (Fsp3) is 0.333. The predicted octanol–water partition coefficient (Wildman–Crippen LogP) is 2.86. The summed E-state index contributed by atoms with van der Waals surface area (Å²) >= 11 is 3.37. The summed E-state index contributed by atoms with van der Waals surface area (Å²) < 4.78 is 0. The molecule has 0 atom stereocenters. The zero-order valence-electron chi connectivity index (χ0n) is 9.13. The van der Waals surface area contributed by atoms with E-state index in [4.69, 9.17) is 0 Å². The van der Waals surface area contributed by atoms with Gasteiger partial charge in [0.05, 0.1) is 0 Å². The van der Waals surface area contributed by atoms with Crippen LogP contribution in [0.2, 0.25) is 0 Å². The molecule has 82 valence electrons. The lowest BCUT2D eigenvalue weighted by atomic mass is 10.0. The number of phenols is 1. The minimum absolute atomic E-state index is 0.342. The number of hydrogen-bond acceptors (Lipinski definition) is 2. The lowest BCUT2D eigenvalue weighted by Crippen LogP contribution is -2.10. The molecule has 0 heterocycles. The van der Waals surface area contributed by atoms with Crippen LogP contribution in [0.25, 0.3) is 5.57 Å². The molecular formula is C12H16BrNO. The Labute approximate surface area is 99.4 Å². The Morgan fingerprint density at radius 1 is 1.47 bits per heavy atom. The number of hydrogen-bond donors (Lipinski definition) is 1. The van der Waals surface area contributed by atoms with Crippen molar-refractivity contribution in [3.8, 4) is 5.75 Å². The molecule has 0 aromatic heterocycles. The van der Waals surface area contributed by atoms with Gasteiger partial charge in [-0.2, -0.15) is 0 Å². The number of nitrogens with zero attached hydrogens (tertiary/aromatic N) is 1. The average molecular weight is 270 g/mol. The highest BCUT2D eigenvalue weighted by Gasteiger charge is 2.05. The molecule has 1 aromatic carbocycles. The Kier molecular flexibility index (Phi) is 4.36. The maximum absolute atomic E-state index is 9.67. The SMILES string of the molecule is C=C(CBr)c1ccc(O)c(CN(C)C)c1. The first-order chi connectivity index (χ1) is 7.04. The largest absolute Gasteiger partial charge is 0.508 e. The van der Waals surface area contributed by atoms with Gasteiger partial charge in [-0.3, -0.25) is 0 Å². The van der Waals surface area contributed by atoms with E-state index in [2.05, 4.69) is 22.5 Å². The predicted molar refractivity (Wildman–Crippen MR) is 68.3 cm³/mol. The van der Waals surface area contributed by atoms with Gasteiger partial charge in [-0.25, -0.2) is 0 Å². The van der Waals surface area contributed by atoms with Crippen molar-refractivity contribution in [3.63, 3.8) is 0 Å². The third-order valence-corrected chi connectivity index (χ3v) is 2.81. The van der Waals surface area contributed by atoms with Crippen molar-refractivity contribution in [3.05, 3.63) is 35.9 Å². The van der Waals surface area contributed by atoms with Gasteiger partial charge in [0, 0.05) is 17.4 Å². The topological polar surface area (TPSA) is 23.5 Å². The van der Waals surface area contributed by atoms with Crippen molar-refractivity contribution >= 4 is 21.5 Å². The second-order valence-corrected chi connectivity index (χ2v) is 4.38. The van der Waals surface area contributed by atoms with E-state index in [-0.39, 0.29) is 0 Å². The number of rotatable bonds is 4. The van der Waals surface area contributed by atoms with E-state index in [1.807, 2.05) is 31.1 Å². The molecule has 0 aliphatic carbocycles. The second-order valence-electron chi connectivity index (χ2n) is 3.82. The highest BCUT2D eigenvalue weighted by atomic mass is 79.9. The van der Waals surface area contributed by atoms with E-state index in [0.717, 1.165) is 28.6 Å². The van der Waals surface area contributed by atoms with Crippen LogP contribution in [0.4, 0.5) is 0 Å². The first-order valence-corrected chi connectivity index (χ1v) is 5.87. The highest BCUT2D eigenvalue weighted by Crippen LogP contribution is 2.23. The van der Waals surface area contributed by atoms with Crippen LogP contribution in [-0.4, -0.2) is 29.4 Å². The van der Waals surface area contributed by atoms with Crippen LogP contribution >= 0.6 is 15.9 Å². The summed E-state index contributed by atoms with van der Waals surface area (Å²) in [5.41, 5.74) is 3.02. The molecule has 0 unspecified atom stereocenters. The van der Waals surface area contributed by atoms with E-state index < -0.39 is 0 Å². The van der Waals surface area contributed by atoms with Crippen LogP contribution in [0.15, 0.2) is 24.8 Å². The maximum Gasteiger partial charge on any atom is 0.120 e. The maximum atomic E-state index is 9.67. The van der Waals surface area contributed by atoms with E-state index in [1.54, 1.807) is 6.07 Å². The molecule has 3 heteroatoms. The number of aromatic hydroxyl groups is 1. The molecule has 0 saturated carbocycles. The summed E-state index contributed by atoms with van der Waals surface area (Å²) in [7, 11) is 3.96. The molecular weight excluding hydrogens is 254 g/mol. The van der Waals surface area contributed by atoms with Gasteiger partial charge < -0.3 is 10.0 Å². The van der Waals surface area contributed by atoms with Crippen LogP contribution in [0.5, 0.6) is 5.75 Å². The standard InChI is InChI=1S/C12H16BrNO/c1-9(7-13)10-4-5-12(15)11(6-10)8-14(2)3/h4-6,15H,1,7-8H2,2-3H3. The average Bonchev–Trinajstić information content (AvgIpc) is 2.19. The number of halogens is 1. The summed E-state index contributed by atoms with van der Waals surface area (Å²) in [6, 6.07) is 5.60. The quantitative estimate of drug-likeness (QED) is 0.850. The molecule has 15 heavy (non-hydrogen) atoms. The monoisotopic (exact) mass is 269 g/mol. The van der Waals surface area contributed by atoms with Gasteiger partial charge >= 0.3 is 0 Å². The minimum Gasteiger partial charge on any atom is -0.508 e. The van der Waals surface area contributed by atoms with Gasteiger partial charge in [0.1, 0.15) is 5.75 Å². The Bertz CT molecular complexity index is 361. The van der Waals surface area contributed by atoms with Crippen LogP contribution in [0.1, 0.15) is 11.1 Å². The van der Waals surface area contributed by atoms with Crippen LogP contribution in [-0.2, 0) is 6.54 Å². The van der Waals surface area contributed by atoms with Crippen molar-refractivity contribution in [2.24, 2.45) is 0 Å². The lowest BCUT2D eigenvalue weighted by molar-refractivity contribution is 0.386. The van der Waals surface area contributed by atoms with Gasteiger partial charge in [-0.15, -0.1) is 0 Å². The molecule has 0 fully saturated rings. The van der Waals surface area contributed by atoms with Crippen molar-refractivity contribution in [2.75, 3.05) is 19.4 Å². The summed E-state index contributed by atoms with van der Waals surface area (Å²) in [4.78, 5) is 2.02. The molecule has 1 rings (SSSR count). The third-order valence-electron chi connectivity index (χ3n) is 2.14. The van der Waals surface area contributed by atoms with Crippen LogP contribution in [0, 0.1) is 0 Å². The summed E-state index contributed by atoms with van der Waals surface area (Å²) in [6.07, 6.45) is 0. The van der Waals surface area contributed by atoms with Crippen molar-refractivity contribution in [1.29, 1.82) is 0 Å². The third kappa shape index (κ3) is 3.36. The van der Waals surface area contributed by atoms with Crippen LogP contribution < -0.4 is 0 Å². The van der Waals surface area contributed by atoms with Gasteiger partial charge in [0.25, 0.3) is 0 Å². The Hall–Kier alpha value is -0.800. The van der Waals surface area contributed by atoms with Crippen LogP contribution in [0.3, 0.4) is 0 Å². The fourth-order valence-electron chi connectivity index (χ4n) is 1.35. The van der Waals surface area contributed by atoms with Crippen molar-refractivity contribution in [2.45, 2.75) is 6.54 Å². The second kappa shape index (κ2) is 5.33. The lowest BCUT2D eigenvalue weighted by Gasteiger charge is -2.13. The van der Waals surface area contributed by atoms with Crippen molar-refractivity contribution in [1.82, 2.24) is 4.90 Å². The molecule has 0 bridgehead atoms. The van der Waals surface area contributed by atoms with Gasteiger partial charge in [0.2, 0.25) is 0 Å². The molecule has 0 amide bonds. The van der Waals surface area contributed by atoms with Gasteiger partial charge in [-0.1, -0.05) is 28.6 Å². The Morgan fingerprint density at radius 2 is 2.13 bits per heavy atom. The molecule has 0 radical (unpaired) electrons. The Morgan fingerprint density at radius 3 is 2.67 bits per heavy atom. The summed E-state index contributed by atoms with van der Waals surface area (Å²) in [5, 5.41) is 10.4. The smallest absolute Gasteiger partial charge is 0.120 e. The first kappa shape index (κ1) is 12.3. The number of phenolic OH excluding ortho intramolecular Hbond substituents is 1. The van der Waals surface area contributed by atoms with Crippen molar-refractivity contribution < 1.29 is 5.11 Å². The fourth-order valence-corrected chi connectivity index (χ4v) is 1.67. The molecule has 0 aliphatic rings. The first-order valence-electron chi connectivity index (χ1n) is 4.75. The number of allylic oxidation sites excluding steroid dienone is 1. The molecule has 0 saturated heterocycles. The van der Waals surface area contributed by atoms with E-state index in [0.29, 0.717) is 5.75 Å². The number of benzene rings is 1. The number of alkyl halides is 1. The normalized spacial score (nSPS) is 10.7. The minimum atomic E-state index is 0.342. The zero-order valence-corrected chi connectivity index (χ0v) is 10.7. The molecule has 0 spiro atoms. The molecule has 2 nitrogen and oxygen atoms in total. The molecule has 1 aromatic rings. The molecule has 1 N–H and O–H groups in total. The molecule has 0 aliphatic heterocycles. The van der Waals surface area contributed by atoms with Gasteiger partial charge in [-0.05, 0) is 37.4 Å².